The van der Waals surface area contributed by atoms with Crippen molar-refractivity contribution in [2.75, 3.05) is 7.11 Å². The van der Waals surface area contributed by atoms with Crippen LogP contribution in [0.2, 0.25) is 0 Å². The van der Waals surface area contributed by atoms with Crippen LogP contribution in [0.1, 0.15) is 53.4 Å². The molecule has 0 unspecified atom stereocenters. The van der Waals surface area contributed by atoms with E-state index < -0.39 is 18.3 Å². The van der Waals surface area contributed by atoms with E-state index in [1.54, 1.807) is 24.3 Å². The van der Waals surface area contributed by atoms with Gasteiger partial charge in [0.1, 0.15) is 17.7 Å². The highest BCUT2D eigenvalue weighted by Gasteiger charge is 2.35. The molecule has 1 fully saturated rings. The number of rotatable bonds is 7. The Kier molecular flexibility index (Phi) is 6.34. The van der Waals surface area contributed by atoms with E-state index in [0.717, 1.165) is 30.9 Å². The van der Waals surface area contributed by atoms with Crippen LogP contribution in [0, 0.1) is 0 Å². The topological polar surface area (TPSA) is 78.6 Å². The maximum absolute atomic E-state index is 13.8. The highest BCUT2D eigenvalue weighted by molar-refractivity contribution is 5.66. The molecule has 37 heavy (non-hydrogen) atoms. The summed E-state index contributed by atoms with van der Waals surface area (Å²) in [5, 5.41) is 0. The van der Waals surface area contributed by atoms with Gasteiger partial charge in [0.15, 0.2) is 11.5 Å². The number of nitrogens with zero attached hydrogens (tertiary/aromatic N) is 6. The summed E-state index contributed by atoms with van der Waals surface area (Å²) in [7, 11) is 2.93. The molecule has 3 heterocycles. The van der Waals surface area contributed by atoms with Gasteiger partial charge in [-0.25, -0.2) is 33.7 Å². The lowest BCUT2D eigenvalue weighted by atomic mass is 10.0. The van der Waals surface area contributed by atoms with Gasteiger partial charge in [-0.3, -0.25) is 0 Å². The average molecular weight is 516 g/mol. The van der Waals surface area contributed by atoms with Crippen LogP contribution >= 0.6 is 0 Å². The fourth-order valence-electron chi connectivity index (χ4n) is 4.12. The molecule has 0 saturated heterocycles. The number of hydrogen-bond donors (Lipinski definition) is 0. The molecule has 0 aliphatic heterocycles. The van der Waals surface area contributed by atoms with Gasteiger partial charge in [-0.1, -0.05) is 24.3 Å². The van der Waals surface area contributed by atoms with Crippen molar-refractivity contribution in [1.29, 1.82) is 0 Å². The molecule has 0 atom stereocenters. The zero-order valence-corrected chi connectivity index (χ0v) is 19.8. The molecule has 0 N–H and O–H groups in total. The third-order valence-corrected chi connectivity index (χ3v) is 6.11. The Hall–Kier alpha value is -3.96. The number of ether oxygens (including phenoxy) is 1. The molecule has 1 aromatic carbocycles. The molecular weight excluding hydrogens is 495 g/mol. The first-order chi connectivity index (χ1) is 17.7. The Labute approximate surface area is 208 Å². The zero-order chi connectivity index (χ0) is 26.3. The number of aryl methyl sites for hydroxylation is 1. The molecule has 192 valence electrons. The van der Waals surface area contributed by atoms with Crippen LogP contribution in [0.5, 0.6) is 5.88 Å². The Morgan fingerprint density at radius 1 is 1.05 bits per heavy atom. The van der Waals surface area contributed by atoms with Gasteiger partial charge in [-0.15, -0.1) is 0 Å². The number of benzene rings is 1. The molecule has 4 aromatic rings. The van der Waals surface area contributed by atoms with E-state index in [1.165, 1.54) is 25.1 Å². The third-order valence-electron chi connectivity index (χ3n) is 6.11. The maximum Gasteiger partial charge on any atom is 0.434 e. The number of hydrogen-bond acceptors (Lipinski definition) is 6. The van der Waals surface area contributed by atoms with Crippen molar-refractivity contribution in [3.63, 3.8) is 0 Å². The summed E-state index contributed by atoms with van der Waals surface area (Å²) in [5.74, 6) is 0.818. The molecule has 1 saturated carbocycles. The quantitative estimate of drug-likeness (QED) is 0.291. The smallest absolute Gasteiger partial charge is 0.434 e. The Morgan fingerprint density at radius 2 is 1.78 bits per heavy atom. The Balaban J connectivity index is 1.48. The first-order valence-corrected chi connectivity index (χ1v) is 11.4. The Bertz CT molecular complexity index is 1430. The van der Waals surface area contributed by atoms with Gasteiger partial charge in [0.2, 0.25) is 5.88 Å². The van der Waals surface area contributed by atoms with Crippen molar-refractivity contribution in [2.45, 2.75) is 37.8 Å². The minimum Gasteiger partial charge on any atom is -0.480 e. The van der Waals surface area contributed by atoms with Gasteiger partial charge in [-0.05, 0) is 18.4 Å². The number of halogens is 5. The van der Waals surface area contributed by atoms with Gasteiger partial charge < -0.3 is 9.30 Å². The number of methoxy groups -OCH3 is 1. The van der Waals surface area contributed by atoms with Crippen molar-refractivity contribution in [1.82, 2.24) is 29.5 Å². The monoisotopic (exact) mass is 516 g/mol. The van der Waals surface area contributed by atoms with Crippen molar-refractivity contribution < 1.29 is 26.7 Å². The summed E-state index contributed by atoms with van der Waals surface area (Å²) in [6.45, 7) is 0. The van der Waals surface area contributed by atoms with Crippen LogP contribution in [0.25, 0.3) is 22.8 Å². The fourth-order valence-corrected chi connectivity index (χ4v) is 4.12. The summed E-state index contributed by atoms with van der Waals surface area (Å²) < 4.78 is 73.4. The van der Waals surface area contributed by atoms with Crippen LogP contribution in [0.4, 0.5) is 22.0 Å². The summed E-state index contributed by atoms with van der Waals surface area (Å²) in [5.41, 5.74) is 1.13. The van der Waals surface area contributed by atoms with Gasteiger partial charge in [0.05, 0.1) is 24.1 Å². The molecule has 1 aliphatic carbocycles. The molecule has 7 nitrogen and oxygen atoms in total. The molecule has 3 aromatic heterocycles. The van der Waals surface area contributed by atoms with E-state index in [-0.39, 0.29) is 41.1 Å². The van der Waals surface area contributed by atoms with Crippen molar-refractivity contribution in [3.05, 3.63) is 71.2 Å². The van der Waals surface area contributed by atoms with E-state index >= 15 is 0 Å². The highest BCUT2D eigenvalue weighted by Crippen LogP contribution is 2.45. The summed E-state index contributed by atoms with van der Waals surface area (Å²) in [4.78, 5) is 20.8. The van der Waals surface area contributed by atoms with Gasteiger partial charge in [0, 0.05) is 37.3 Å². The van der Waals surface area contributed by atoms with E-state index in [2.05, 4.69) is 24.9 Å². The maximum atomic E-state index is 13.8. The number of imidazole rings is 1. The van der Waals surface area contributed by atoms with Crippen LogP contribution in [-0.4, -0.2) is 36.6 Å². The van der Waals surface area contributed by atoms with Gasteiger partial charge in [-0.2, -0.15) is 13.2 Å². The van der Waals surface area contributed by atoms with E-state index in [0.29, 0.717) is 16.7 Å². The van der Waals surface area contributed by atoms with Crippen molar-refractivity contribution in [3.8, 4) is 28.7 Å². The first-order valence-electron chi connectivity index (χ1n) is 11.4. The lowest BCUT2D eigenvalue weighted by Crippen LogP contribution is -2.07. The molecule has 5 rings (SSSR count). The van der Waals surface area contributed by atoms with Crippen LogP contribution < -0.4 is 4.74 Å². The molecule has 12 heteroatoms. The predicted octanol–water partition coefficient (Wildman–Crippen LogP) is 5.77. The lowest BCUT2D eigenvalue weighted by molar-refractivity contribution is -0.140. The second-order valence-electron chi connectivity index (χ2n) is 8.75. The van der Waals surface area contributed by atoms with E-state index in [9.17, 15) is 22.0 Å². The first kappa shape index (κ1) is 24.7. The number of alkyl halides is 5. The normalized spacial score (nSPS) is 13.8. The molecule has 1 aliphatic rings. The highest BCUT2D eigenvalue weighted by atomic mass is 19.4. The Morgan fingerprint density at radius 3 is 2.38 bits per heavy atom. The lowest BCUT2D eigenvalue weighted by Gasteiger charge is -2.14. The standard InChI is InChI=1S/C25H21F5N6O/c1-36-11-18(25(28,29)30)35-23(36)15-5-3-13(4-6-15)9-17-16(21(26)27)10-31-22(34-17)19-20(14-7-8-14)32-12-33-24(19)37-2/h3-6,10-12,14,21H,7-9H2,1-2H3. The molecule has 0 radical (unpaired) electrons. The minimum atomic E-state index is -4.56. The predicted molar refractivity (Wildman–Crippen MR) is 123 cm³/mol. The fraction of sp³-hybridized carbons (Fsp3) is 0.320. The minimum absolute atomic E-state index is 0.0542. The largest absolute Gasteiger partial charge is 0.480 e. The third kappa shape index (κ3) is 5.00. The average Bonchev–Trinajstić information content (AvgIpc) is 3.64. The second kappa shape index (κ2) is 9.49. The van der Waals surface area contributed by atoms with Crippen molar-refractivity contribution >= 4 is 0 Å². The molecule has 0 bridgehead atoms. The second-order valence-corrected chi connectivity index (χ2v) is 8.75. The van der Waals surface area contributed by atoms with Crippen LogP contribution in [0.15, 0.2) is 43.0 Å². The summed E-state index contributed by atoms with van der Waals surface area (Å²) in [6.07, 6.45) is -2.00. The van der Waals surface area contributed by atoms with Crippen LogP contribution in [-0.2, 0) is 19.6 Å². The SMILES string of the molecule is COc1ncnc(C2CC2)c1-c1ncc(C(F)F)c(Cc2ccc(-c3nc(C(F)(F)F)cn3C)cc2)n1. The van der Waals surface area contributed by atoms with Gasteiger partial charge >= 0.3 is 6.18 Å². The van der Waals surface area contributed by atoms with Crippen LogP contribution in [0.3, 0.4) is 0 Å². The number of aromatic nitrogens is 6. The van der Waals surface area contributed by atoms with E-state index in [1.807, 2.05) is 0 Å². The zero-order valence-electron chi connectivity index (χ0n) is 19.8. The molecular formula is C25H21F5N6O. The van der Waals surface area contributed by atoms with Gasteiger partial charge in [0.25, 0.3) is 6.43 Å². The summed E-state index contributed by atoms with van der Waals surface area (Å²) >= 11 is 0. The van der Waals surface area contributed by atoms with Crippen molar-refractivity contribution in [2.24, 2.45) is 7.05 Å². The van der Waals surface area contributed by atoms with E-state index in [4.69, 9.17) is 4.74 Å². The molecule has 0 amide bonds. The molecule has 0 spiro atoms. The summed E-state index contributed by atoms with van der Waals surface area (Å²) in [6, 6.07) is 6.49.